The first-order chi connectivity index (χ1) is 11.9. The van der Waals surface area contributed by atoms with Gasteiger partial charge in [0.1, 0.15) is 0 Å². The molecule has 0 saturated heterocycles. The topological polar surface area (TPSA) is 79.5 Å². The van der Waals surface area contributed by atoms with Crippen molar-refractivity contribution < 1.29 is 14.3 Å². The second kappa shape index (κ2) is 10.6. The fourth-order valence-corrected chi connectivity index (χ4v) is 2.68. The molecular formula is C19H31N3O3. The maximum atomic E-state index is 12.3. The second-order valence-electron chi connectivity index (χ2n) is 6.49. The summed E-state index contributed by atoms with van der Waals surface area (Å²) >= 11 is 0. The molecule has 0 aliphatic carbocycles. The smallest absolute Gasteiger partial charge is 0.407 e. The summed E-state index contributed by atoms with van der Waals surface area (Å²) in [6.07, 6.45) is 1.14. The summed E-state index contributed by atoms with van der Waals surface area (Å²) in [6, 6.07) is 5.51. The summed E-state index contributed by atoms with van der Waals surface area (Å²) in [5.74, 6) is 0.389. The predicted octanol–water partition coefficient (Wildman–Crippen LogP) is 3.84. The predicted molar refractivity (Wildman–Crippen MR) is 101 cm³/mol. The first kappa shape index (κ1) is 20.8. The van der Waals surface area contributed by atoms with Crippen LogP contribution in [0.4, 0.5) is 15.3 Å². The molecule has 0 aliphatic rings. The minimum atomic E-state index is -0.456. The lowest BCUT2D eigenvalue weighted by Crippen LogP contribution is -2.45. The third kappa shape index (κ3) is 7.45. The van der Waals surface area contributed by atoms with Crippen molar-refractivity contribution in [3.8, 4) is 0 Å². The Morgan fingerprint density at radius 1 is 1.20 bits per heavy atom. The summed E-state index contributed by atoms with van der Waals surface area (Å²) < 4.78 is 4.92. The lowest BCUT2D eigenvalue weighted by molar-refractivity contribution is 0.146. The van der Waals surface area contributed by atoms with Gasteiger partial charge >= 0.3 is 12.1 Å². The summed E-state index contributed by atoms with van der Waals surface area (Å²) in [5.41, 5.74) is 2.97. The number of para-hydroxylation sites is 1. The fraction of sp³-hybridized carbons (Fsp3) is 0.579. The fourth-order valence-electron chi connectivity index (χ4n) is 2.68. The quantitative estimate of drug-likeness (QED) is 0.667. The van der Waals surface area contributed by atoms with Gasteiger partial charge in [0.15, 0.2) is 0 Å². The van der Waals surface area contributed by atoms with Gasteiger partial charge in [-0.25, -0.2) is 9.59 Å². The van der Waals surface area contributed by atoms with E-state index in [1.165, 1.54) is 0 Å². The Balaban J connectivity index is 2.63. The number of carbonyl (C=O) groups excluding carboxylic acids is 2. The van der Waals surface area contributed by atoms with Gasteiger partial charge in [0.25, 0.3) is 0 Å². The van der Waals surface area contributed by atoms with Gasteiger partial charge in [-0.3, -0.25) is 0 Å². The molecule has 0 spiro atoms. The van der Waals surface area contributed by atoms with E-state index in [9.17, 15) is 9.59 Å². The van der Waals surface area contributed by atoms with E-state index in [-0.39, 0.29) is 12.1 Å². The van der Waals surface area contributed by atoms with Crippen LogP contribution in [-0.2, 0) is 11.2 Å². The number of anilines is 1. The Morgan fingerprint density at radius 2 is 1.92 bits per heavy atom. The summed E-state index contributed by atoms with van der Waals surface area (Å²) in [7, 11) is 0. The Labute approximate surface area is 150 Å². The lowest BCUT2D eigenvalue weighted by atomic mass is 10.0. The molecule has 1 rings (SSSR count). The van der Waals surface area contributed by atoms with Gasteiger partial charge in [-0.15, -0.1) is 0 Å². The molecule has 6 nitrogen and oxygen atoms in total. The van der Waals surface area contributed by atoms with E-state index in [4.69, 9.17) is 4.74 Å². The van der Waals surface area contributed by atoms with E-state index in [2.05, 4.69) is 36.7 Å². The minimum absolute atomic E-state index is 0.174. The van der Waals surface area contributed by atoms with E-state index in [1.807, 2.05) is 25.1 Å². The van der Waals surface area contributed by atoms with Gasteiger partial charge in [0, 0.05) is 18.3 Å². The number of amides is 3. The van der Waals surface area contributed by atoms with Crippen molar-refractivity contribution in [3.05, 3.63) is 29.3 Å². The van der Waals surface area contributed by atoms with Crippen LogP contribution in [0.15, 0.2) is 18.2 Å². The molecule has 1 atom stereocenters. The zero-order valence-electron chi connectivity index (χ0n) is 15.9. The molecule has 1 aromatic rings. The van der Waals surface area contributed by atoms with Crippen molar-refractivity contribution in [1.82, 2.24) is 10.6 Å². The Hall–Kier alpha value is -2.24. The largest absolute Gasteiger partial charge is 0.450 e. The van der Waals surface area contributed by atoms with Crippen LogP contribution < -0.4 is 16.0 Å². The first-order valence-electron chi connectivity index (χ1n) is 8.93. The molecule has 25 heavy (non-hydrogen) atoms. The van der Waals surface area contributed by atoms with Crippen molar-refractivity contribution in [2.45, 2.75) is 53.5 Å². The number of ether oxygens (including phenoxy) is 1. The Kier molecular flexibility index (Phi) is 8.81. The molecule has 0 radical (unpaired) electrons. The van der Waals surface area contributed by atoms with E-state index in [0.29, 0.717) is 19.1 Å². The highest BCUT2D eigenvalue weighted by Gasteiger charge is 2.16. The van der Waals surface area contributed by atoms with Crippen LogP contribution in [0.3, 0.4) is 0 Å². The average molecular weight is 349 g/mol. The standard InChI is InChI=1S/C19H31N3O3/c1-6-15-10-8-9-14(5)17(15)22-18(23)20-12-16(11-13(3)4)21-19(24)25-7-2/h8-10,13,16H,6-7,11-12H2,1-5H3,(H,21,24)(H2,20,22,23). The van der Waals surface area contributed by atoms with Crippen LogP contribution in [-0.4, -0.2) is 31.3 Å². The molecular weight excluding hydrogens is 318 g/mol. The van der Waals surface area contributed by atoms with Gasteiger partial charge in [0.2, 0.25) is 0 Å². The first-order valence-corrected chi connectivity index (χ1v) is 8.93. The molecule has 3 amide bonds. The zero-order chi connectivity index (χ0) is 18.8. The van der Waals surface area contributed by atoms with Gasteiger partial charge < -0.3 is 20.7 Å². The summed E-state index contributed by atoms with van der Waals surface area (Å²) in [6.45, 7) is 10.6. The van der Waals surface area contributed by atoms with Crippen molar-refractivity contribution in [2.75, 3.05) is 18.5 Å². The molecule has 1 unspecified atom stereocenters. The number of urea groups is 1. The number of hydrogen-bond donors (Lipinski definition) is 3. The van der Waals surface area contributed by atoms with Crippen LogP contribution >= 0.6 is 0 Å². The van der Waals surface area contributed by atoms with Crippen molar-refractivity contribution >= 4 is 17.8 Å². The van der Waals surface area contributed by atoms with Gasteiger partial charge in [-0.05, 0) is 43.7 Å². The second-order valence-corrected chi connectivity index (χ2v) is 6.49. The molecule has 140 valence electrons. The number of rotatable bonds is 8. The Morgan fingerprint density at radius 3 is 2.52 bits per heavy atom. The monoisotopic (exact) mass is 349 g/mol. The molecule has 6 heteroatoms. The van der Waals surface area contributed by atoms with Gasteiger partial charge in [-0.1, -0.05) is 39.0 Å². The van der Waals surface area contributed by atoms with Crippen molar-refractivity contribution in [3.63, 3.8) is 0 Å². The maximum absolute atomic E-state index is 12.3. The third-order valence-corrected chi connectivity index (χ3v) is 3.84. The normalized spacial score (nSPS) is 11.8. The number of alkyl carbamates (subject to hydrolysis) is 1. The van der Waals surface area contributed by atoms with E-state index in [0.717, 1.165) is 29.7 Å². The number of nitrogens with one attached hydrogen (secondary N) is 3. The zero-order valence-corrected chi connectivity index (χ0v) is 15.9. The van der Waals surface area contributed by atoms with Crippen LogP contribution in [0.1, 0.15) is 45.2 Å². The van der Waals surface area contributed by atoms with Gasteiger partial charge in [0.05, 0.1) is 6.61 Å². The number of hydrogen-bond acceptors (Lipinski definition) is 3. The Bertz CT molecular complexity index is 573. The lowest BCUT2D eigenvalue weighted by Gasteiger charge is -2.21. The van der Waals surface area contributed by atoms with E-state index in [1.54, 1.807) is 6.92 Å². The van der Waals surface area contributed by atoms with E-state index >= 15 is 0 Å². The highest BCUT2D eigenvalue weighted by molar-refractivity contribution is 5.91. The molecule has 0 bridgehead atoms. The van der Waals surface area contributed by atoms with Gasteiger partial charge in [-0.2, -0.15) is 0 Å². The van der Waals surface area contributed by atoms with Crippen molar-refractivity contribution in [2.24, 2.45) is 5.92 Å². The van der Waals surface area contributed by atoms with Crippen molar-refractivity contribution in [1.29, 1.82) is 0 Å². The molecule has 3 N–H and O–H groups in total. The average Bonchev–Trinajstić information content (AvgIpc) is 2.54. The summed E-state index contributed by atoms with van der Waals surface area (Å²) in [5, 5.41) is 8.56. The molecule has 1 aromatic carbocycles. The SMILES string of the molecule is CCOC(=O)NC(CNC(=O)Nc1c(C)cccc1CC)CC(C)C. The minimum Gasteiger partial charge on any atom is -0.450 e. The number of carbonyl (C=O) groups is 2. The molecule has 0 aliphatic heterocycles. The molecule has 0 saturated carbocycles. The van der Waals surface area contributed by atoms with Crippen LogP contribution in [0.5, 0.6) is 0 Å². The van der Waals surface area contributed by atoms with Crippen LogP contribution in [0, 0.1) is 12.8 Å². The third-order valence-electron chi connectivity index (χ3n) is 3.84. The highest BCUT2D eigenvalue weighted by Crippen LogP contribution is 2.20. The number of benzene rings is 1. The molecule has 0 fully saturated rings. The highest BCUT2D eigenvalue weighted by atomic mass is 16.5. The van der Waals surface area contributed by atoms with Crippen LogP contribution in [0.2, 0.25) is 0 Å². The molecule has 0 heterocycles. The molecule has 0 aromatic heterocycles. The van der Waals surface area contributed by atoms with Crippen LogP contribution in [0.25, 0.3) is 0 Å². The maximum Gasteiger partial charge on any atom is 0.407 e. The van der Waals surface area contributed by atoms with E-state index < -0.39 is 6.09 Å². The number of aryl methyl sites for hydroxylation is 2. The summed E-state index contributed by atoms with van der Waals surface area (Å²) in [4.78, 5) is 23.9.